The summed E-state index contributed by atoms with van der Waals surface area (Å²) in [4.78, 5) is 17.4. The minimum absolute atomic E-state index is 0.00723. The third kappa shape index (κ3) is 4.03. The number of nitrogens with two attached hydrogens (primary N) is 1. The van der Waals surface area contributed by atoms with E-state index >= 15 is 0 Å². The van der Waals surface area contributed by atoms with Crippen LogP contribution in [0.15, 0.2) is 4.99 Å². The molecule has 4 N–H and O–H groups in total. The van der Waals surface area contributed by atoms with Gasteiger partial charge in [0, 0.05) is 20.2 Å². The fourth-order valence-electron chi connectivity index (χ4n) is 1.47. The molecule has 16 heavy (non-hydrogen) atoms. The maximum Gasteiger partial charge on any atom is 0.239 e. The molecule has 0 atom stereocenters. The monoisotopic (exact) mass is 229 g/mol. The smallest absolute Gasteiger partial charge is 0.239 e. The summed E-state index contributed by atoms with van der Waals surface area (Å²) in [5.74, 6) is 5.92. The van der Waals surface area contributed by atoms with Crippen LogP contribution in [0.5, 0.6) is 0 Å². The lowest BCUT2D eigenvalue weighted by molar-refractivity contribution is -0.120. The summed E-state index contributed by atoms with van der Waals surface area (Å²) in [5.41, 5.74) is 2.52. The number of amides is 1. The van der Waals surface area contributed by atoms with Crippen molar-refractivity contribution in [3.05, 3.63) is 0 Å². The van der Waals surface area contributed by atoms with E-state index in [1.807, 2.05) is 4.90 Å². The van der Waals surface area contributed by atoms with Crippen molar-refractivity contribution in [2.75, 3.05) is 39.9 Å². The average Bonchev–Trinajstić information content (AvgIpc) is 2.49. The second-order valence-corrected chi connectivity index (χ2v) is 3.47. The maximum atomic E-state index is 11.3. The Morgan fingerprint density at radius 2 is 2.56 bits per heavy atom. The number of hydrazine groups is 1. The number of methoxy groups -OCH3 is 1. The molecule has 92 valence electrons. The van der Waals surface area contributed by atoms with Crippen LogP contribution in [0, 0.1) is 0 Å². The zero-order valence-electron chi connectivity index (χ0n) is 9.53. The summed E-state index contributed by atoms with van der Waals surface area (Å²) < 4.78 is 4.90. The third-order valence-electron chi connectivity index (χ3n) is 2.25. The molecule has 1 saturated heterocycles. The Labute approximate surface area is 95.0 Å². The predicted octanol–water partition coefficient (Wildman–Crippen LogP) is -1.73. The van der Waals surface area contributed by atoms with Crippen LogP contribution in [-0.4, -0.2) is 56.7 Å². The molecule has 0 radical (unpaired) electrons. The first-order chi connectivity index (χ1) is 7.77. The van der Waals surface area contributed by atoms with Crippen LogP contribution >= 0.6 is 0 Å². The van der Waals surface area contributed by atoms with Crippen molar-refractivity contribution >= 4 is 11.9 Å². The lowest BCUT2D eigenvalue weighted by atomic mass is 10.4. The average molecular weight is 229 g/mol. The quantitative estimate of drug-likeness (QED) is 0.176. The summed E-state index contributed by atoms with van der Waals surface area (Å²) in [5, 5.41) is 2.79. The number of carbonyl (C=O) groups is 1. The van der Waals surface area contributed by atoms with E-state index in [1.54, 1.807) is 7.11 Å². The Morgan fingerprint density at radius 1 is 1.75 bits per heavy atom. The van der Waals surface area contributed by atoms with Crippen molar-refractivity contribution in [2.24, 2.45) is 10.8 Å². The van der Waals surface area contributed by atoms with Crippen molar-refractivity contribution in [3.8, 4) is 0 Å². The van der Waals surface area contributed by atoms with Crippen LogP contribution in [0.4, 0.5) is 0 Å². The number of guanidine groups is 1. The first-order valence-electron chi connectivity index (χ1n) is 5.29. The van der Waals surface area contributed by atoms with Crippen molar-refractivity contribution < 1.29 is 9.53 Å². The molecule has 1 heterocycles. The van der Waals surface area contributed by atoms with Crippen molar-refractivity contribution in [1.29, 1.82) is 0 Å². The maximum absolute atomic E-state index is 11.3. The van der Waals surface area contributed by atoms with E-state index in [0.717, 1.165) is 13.0 Å². The Morgan fingerprint density at radius 3 is 3.25 bits per heavy atom. The second-order valence-electron chi connectivity index (χ2n) is 3.47. The summed E-state index contributed by atoms with van der Waals surface area (Å²) >= 11 is 0. The number of aliphatic imine (C=N–C) groups is 1. The van der Waals surface area contributed by atoms with E-state index in [1.165, 1.54) is 0 Å². The van der Waals surface area contributed by atoms with Crippen LogP contribution in [0.3, 0.4) is 0 Å². The molecule has 1 fully saturated rings. The van der Waals surface area contributed by atoms with E-state index in [9.17, 15) is 4.79 Å². The molecule has 7 nitrogen and oxygen atoms in total. The van der Waals surface area contributed by atoms with Gasteiger partial charge in [-0.25, -0.2) is 10.8 Å². The zero-order valence-corrected chi connectivity index (χ0v) is 9.53. The first kappa shape index (κ1) is 12.7. The molecule has 0 aromatic heterocycles. The van der Waals surface area contributed by atoms with Crippen LogP contribution in [0.1, 0.15) is 6.42 Å². The Kier molecular flexibility index (Phi) is 5.58. The van der Waals surface area contributed by atoms with Gasteiger partial charge in [0.2, 0.25) is 11.9 Å². The van der Waals surface area contributed by atoms with Gasteiger partial charge in [-0.3, -0.25) is 10.2 Å². The van der Waals surface area contributed by atoms with Gasteiger partial charge >= 0.3 is 0 Å². The predicted molar refractivity (Wildman–Crippen MR) is 60.7 cm³/mol. The lowest BCUT2D eigenvalue weighted by Gasteiger charge is -2.22. The number of ether oxygens (including phenoxy) is 1. The molecule has 0 aromatic carbocycles. The molecule has 1 amide bonds. The zero-order chi connectivity index (χ0) is 11.8. The highest BCUT2D eigenvalue weighted by Crippen LogP contribution is 1.96. The van der Waals surface area contributed by atoms with E-state index in [-0.39, 0.29) is 12.5 Å². The molecule has 7 heteroatoms. The van der Waals surface area contributed by atoms with Gasteiger partial charge in [0.05, 0.1) is 19.7 Å². The number of nitrogens with one attached hydrogen (secondary N) is 2. The van der Waals surface area contributed by atoms with Gasteiger partial charge in [0.25, 0.3) is 0 Å². The molecule has 0 bridgehead atoms. The van der Waals surface area contributed by atoms with Gasteiger partial charge in [0.15, 0.2) is 0 Å². The van der Waals surface area contributed by atoms with Crippen molar-refractivity contribution in [2.45, 2.75) is 6.42 Å². The SMILES string of the molecule is COCCN=C(NN)N1CCCNC(=O)C1. The molecule has 0 aromatic rings. The largest absolute Gasteiger partial charge is 0.383 e. The number of hydrogen-bond donors (Lipinski definition) is 3. The van der Waals surface area contributed by atoms with Gasteiger partial charge in [-0.1, -0.05) is 0 Å². The van der Waals surface area contributed by atoms with Gasteiger partial charge in [-0.05, 0) is 6.42 Å². The van der Waals surface area contributed by atoms with Gasteiger partial charge in [-0.2, -0.15) is 0 Å². The molecule has 0 spiro atoms. The van der Waals surface area contributed by atoms with Gasteiger partial charge in [-0.15, -0.1) is 0 Å². The normalized spacial score (nSPS) is 18.0. The lowest BCUT2D eigenvalue weighted by Crippen LogP contribution is -2.47. The van der Waals surface area contributed by atoms with E-state index in [0.29, 0.717) is 25.7 Å². The van der Waals surface area contributed by atoms with Crippen LogP contribution in [-0.2, 0) is 9.53 Å². The fraction of sp³-hybridized carbons (Fsp3) is 0.778. The van der Waals surface area contributed by atoms with Crippen LogP contribution in [0.2, 0.25) is 0 Å². The molecule has 0 unspecified atom stereocenters. The highest BCUT2D eigenvalue weighted by atomic mass is 16.5. The van der Waals surface area contributed by atoms with Gasteiger partial charge < -0.3 is 15.0 Å². The highest BCUT2D eigenvalue weighted by Gasteiger charge is 2.17. The highest BCUT2D eigenvalue weighted by molar-refractivity contribution is 5.86. The van der Waals surface area contributed by atoms with Crippen molar-refractivity contribution in [1.82, 2.24) is 15.6 Å². The first-order valence-corrected chi connectivity index (χ1v) is 5.29. The standard InChI is InChI=1S/C9H19N5O2/c1-16-6-4-12-9(13-10)14-5-2-3-11-8(15)7-14/h2-7,10H2,1H3,(H,11,15)(H,12,13). The Balaban J connectivity index is 2.55. The number of rotatable bonds is 3. The van der Waals surface area contributed by atoms with Crippen molar-refractivity contribution in [3.63, 3.8) is 0 Å². The third-order valence-corrected chi connectivity index (χ3v) is 2.25. The minimum atomic E-state index is -0.00723. The topological polar surface area (TPSA) is 92.0 Å². The molecule has 1 aliphatic rings. The van der Waals surface area contributed by atoms with E-state index < -0.39 is 0 Å². The van der Waals surface area contributed by atoms with Gasteiger partial charge in [0.1, 0.15) is 0 Å². The number of nitrogens with zero attached hydrogens (tertiary/aromatic N) is 2. The van der Waals surface area contributed by atoms with E-state index in [4.69, 9.17) is 10.6 Å². The second kappa shape index (κ2) is 7.02. The molecule has 1 rings (SSSR count). The molecule has 0 aliphatic carbocycles. The Bertz CT molecular complexity index is 256. The molecular weight excluding hydrogens is 210 g/mol. The van der Waals surface area contributed by atoms with E-state index in [2.05, 4.69) is 15.7 Å². The number of hydrogen-bond acceptors (Lipinski definition) is 4. The van der Waals surface area contributed by atoms with Crippen LogP contribution < -0.4 is 16.6 Å². The fourth-order valence-corrected chi connectivity index (χ4v) is 1.47. The summed E-state index contributed by atoms with van der Waals surface area (Å²) in [6, 6.07) is 0. The minimum Gasteiger partial charge on any atom is -0.383 e. The number of carbonyl (C=O) groups excluding carboxylic acids is 1. The summed E-state index contributed by atoms with van der Waals surface area (Å²) in [6.45, 7) is 2.80. The molecular formula is C9H19N5O2. The summed E-state index contributed by atoms with van der Waals surface area (Å²) in [7, 11) is 1.62. The van der Waals surface area contributed by atoms with Crippen LogP contribution in [0.25, 0.3) is 0 Å². The summed E-state index contributed by atoms with van der Waals surface area (Å²) in [6.07, 6.45) is 0.886. The Hall–Kier alpha value is -1.34. The molecule has 1 aliphatic heterocycles. The molecule has 0 saturated carbocycles.